The molecule has 0 bridgehead atoms. The number of allylic oxidation sites excluding steroid dienone is 1. The first-order valence-electron chi connectivity index (χ1n) is 4.54. The molecule has 0 aromatic carbocycles. The quantitative estimate of drug-likeness (QED) is 0.511. The molecule has 0 amide bonds. The number of sulfone groups is 1. The van der Waals surface area contributed by atoms with Crippen molar-refractivity contribution in [2.24, 2.45) is 0 Å². The van der Waals surface area contributed by atoms with Crippen LogP contribution < -0.4 is 0 Å². The smallest absolute Gasteiger partial charge is 0.196 e. The summed E-state index contributed by atoms with van der Waals surface area (Å²) in [5.41, 5.74) is 0. The second-order valence-electron chi connectivity index (χ2n) is 3.36. The van der Waals surface area contributed by atoms with E-state index in [2.05, 4.69) is 0 Å². The second kappa shape index (κ2) is 4.41. The summed E-state index contributed by atoms with van der Waals surface area (Å²) in [5.74, 6) is 1.46. The van der Waals surface area contributed by atoms with Gasteiger partial charge >= 0.3 is 0 Å². The molecule has 0 spiro atoms. The van der Waals surface area contributed by atoms with Crippen molar-refractivity contribution in [3.63, 3.8) is 0 Å². The van der Waals surface area contributed by atoms with E-state index in [-0.39, 0.29) is 0 Å². The molecule has 1 rings (SSSR count). The summed E-state index contributed by atoms with van der Waals surface area (Å²) < 4.78 is 23.3. The third kappa shape index (κ3) is 2.03. The third-order valence-corrected chi connectivity index (χ3v) is 4.58. The Morgan fingerprint density at radius 1 is 1.29 bits per heavy atom. The molecule has 1 saturated carbocycles. The molecule has 0 unspecified atom stereocenters. The zero-order valence-corrected chi connectivity index (χ0v) is 8.55. The van der Waals surface area contributed by atoms with Gasteiger partial charge in [0.05, 0.1) is 5.25 Å². The summed E-state index contributed by atoms with van der Waals surface area (Å²) in [5, 5.41) is 16.5. The van der Waals surface area contributed by atoms with Crippen molar-refractivity contribution < 1.29 is 8.42 Å². The first kappa shape index (κ1) is 11.0. The van der Waals surface area contributed by atoms with E-state index in [1.165, 1.54) is 11.9 Å². The molecule has 0 saturated heterocycles. The molecule has 0 N–H and O–H groups in total. The number of rotatable bonds is 2. The molecule has 5 heteroatoms. The van der Waals surface area contributed by atoms with E-state index >= 15 is 0 Å². The summed E-state index contributed by atoms with van der Waals surface area (Å²) in [6.07, 6.45) is 3.94. The Labute approximate surface area is 83.7 Å². The monoisotopic (exact) mass is 211 g/mol. The lowest BCUT2D eigenvalue weighted by molar-refractivity contribution is 0.487. The van der Waals surface area contributed by atoms with Crippen molar-refractivity contribution in [1.82, 2.24) is 0 Å². The standard InChI is InChI=1S/C9H11N2O2S/c10-6-9(7-11)14(12,13)8-4-2-1-3-5-8/h8H,1-5H2/q-1. The number of nitrogens with zero attached hydrogens (tertiary/aromatic N) is 2. The molecule has 4 nitrogen and oxygen atoms in total. The van der Waals surface area contributed by atoms with E-state index in [9.17, 15) is 8.42 Å². The molecule has 1 aliphatic carbocycles. The Morgan fingerprint density at radius 3 is 2.29 bits per heavy atom. The topological polar surface area (TPSA) is 80.2 Å². The lowest BCUT2D eigenvalue weighted by Crippen LogP contribution is -2.25. The highest BCUT2D eigenvalue weighted by Gasteiger charge is 2.29. The molecule has 0 aromatic rings. The van der Waals surface area contributed by atoms with Crippen LogP contribution in [0.25, 0.3) is 5.41 Å². The average molecular weight is 211 g/mol. The highest BCUT2D eigenvalue weighted by Crippen LogP contribution is 2.26. The summed E-state index contributed by atoms with van der Waals surface area (Å²) in [4.78, 5) is -0.635. The first-order valence-corrected chi connectivity index (χ1v) is 6.08. The zero-order valence-electron chi connectivity index (χ0n) is 7.73. The molecule has 0 atom stereocenters. The Balaban J connectivity index is 2.95. The van der Waals surface area contributed by atoms with Crippen molar-refractivity contribution in [3.8, 4) is 6.07 Å². The normalized spacial score (nSPS) is 18.2. The van der Waals surface area contributed by atoms with Crippen LogP contribution in [0.1, 0.15) is 32.1 Å². The van der Waals surface area contributed by atoms with Gasteiger partial charge in [0.25, 0.3) is 0 Å². The van der Waals surface area contributed by atoms with Gasteiger partial charge in [-0.3, -0.25) is 0 Å². The second-order valence-corrected chi connectivity index (χ2v) is 5.52. The van der Waals surface area contributed by atoms with Crippen molar-refractivity contribution in [3.05, 3.63) is 10.3 Å². The van der Waals surface area contributed by atoms with Crippen molar-refractivity contribution in [2.75, 3.05) is 0 Å². The van der Waals surface area contributed by atoms with Crippen molar-refractivity contribution in [2.45, 2.75) is 37.4 Å². The van der Waals surface area contributed by atoms with Crippen molar-refractivity contribution >= 4 is 15.7 Å². The molecule has 0 aliphatic heterocycles. The molecule has 0 radical (unpaired) electrons. The predicted molar refractivity (Wildman–Crippen MR) is 53.3 cm³/mol. The summed E-state index contributed by atoms with van der Waals surface area (Å²) in [6, 6.07) is 1.46. The minimum Gasteiger partial charge on any atom is -0.762 e. The fourth-order valence-electron chi connectivity index (χ4n) is 1.69. The van der Waals surface area contributed by atoms with Crippen LogP contribution in [0.5, 0.6) is 0 Å². The average Bonchev–Trinajstić information content (AvgIpc) is 2.20. The largest absolute Gasteiger partial charge is 0.762 e. The fourth-order valence-corrected chi connectivity index (χ4v) is 3.24. The van der Waals surface area contributed by atoms with Gasteiger partial charge in [-0.15, -0.1) is 0 Å². The van der Waals surface area contributed by atoms with E-state index in [4.69, 9.17) is 10.7 Å². The van der Waals surface area contributed by atoms with Gasteiger partial charge in [0.1, 0.15) is 6.07 Å². The van der Waals surface area contributed by atoms with Gasteiger partial charge in [0.2, 0.25) is 0 Å². The van der Waals surface area contributed by atoms with Gasteiger partial charge in [-0.05, 0) is 12.8 Å². The Hall–Kier alpha value is -1.11. The van der Waals surface area contributed by atoms with Crippen LogP contribution in [-0.2, 0) is 9.84 Å². The van der Waals surface area contributed by atoms with Crippen LogP contribution in [0.3, 0.4) is 0 Å². The molecule has 14 heavy (non-hydrogen) atoms. The highest BCUT2D eigenvalue weighted by molar-refractivity contribution is 7.96. The maximum Gasteiger partial charge on any atom is 0.196 e. The minimum atomic E-state index is -3.63. The Kier molecular flexibility index (Phi) is 3.45. The van der Waals surface area contributed by atoms with Gasteiger partial charge in [-0.2, -0.15) is 5.26 Å². The van der Waals surface area contributed by atoms with Gasteiger partial charge in [0, 0.05) is 0 Å². The SMILES string of the molecule is N#CC(=C=[N-])S(=O)(=O)C1CCCCC1. The van der Waals surface area contributed by atoms with Gasteiger partial charge in [-0.1, -0.05) is 19.3 Å². The molecule has 0 heterocycles. The van der Waals surface area contributed by atoms with Crippen LogP contribution in [-0.4, -0.2) is 19.5 Å². The number of hydrogen-bond donors (Lipinski definition) is 0. The fraction of sp³-hybridized carbons (Fsp3) is 0.667. The van der Waals surface area contributed by atoms with E-state index < -0.39 is 20.0 Å². The molecular formula is C9H11N2O2S-. The molecule has 76 valence electrons. The minimum absolute atomic E-state index is 0.509. The van der Waals surface area contributed by atoms with Crippen LogP contribution in [0.15, 0.2) is 4.91 Å². The Bertz CT molecular complexity index is 393. The van der Waals surface area contributed by atoms with Crippen LogP contribution in [0.2, 0.25) is 0 Å². The third-order valence-electron chi connectivity index (χ3n) is 2.48. The maximum atomic E-state index is 11.7. The summed E-state index contributed by atoms with van der Waals surface area (Å²) >= 11 is 0. The summed E-state index contributed by atoms with van der Waals surface area (Å²) in [7, 11) is -3.63. The van der Waals surface area contributed by atoms with Gasteiger partial charge in [0.15, 0.2) is 14.7 Å². The van der Waals surface area contributed by atoms with Crippen LogP contribution in [0, 0.1) is 11.3 Å². The Morgan fingerprint density at radius 2 is 1.86 bits per heavy atom. The highest BCUT2D eigenvalue weighted by atomic mass is 32.2. The lowest BCUT2D eigenvalue weighted by Gasteiger charge is -2.20. The number of hydrogen-bond acceptors (Lipinski definition) is 3. The van der Waals surface area contributed by atoms with E-state index in [1.807, 2.05) is 0 Å². The van der Waals surface area contributed by atoms with Crippen molar-refractivity contribution in [1.29, 1.82) is 5.26 Å². The van der Waals surface area contributed by atoms with E-state index in [0.717, 1.165) is 19.3 Å². The van der Waals surface area contributed by atoms with Crippen LogP contribution in [0.4, 0.5) is 0 Å². The number of nitriles is 1. The maximum absolute atomic E-state index is 11.7. The van der Waals surface area contributed by atoms with Gasteiger partial charge < -0.3 is 5.41 Å². The molecule has 1 fully saturated rings. The lowest BCUT2D eigenvalue weighted by atomic mass is 10.0. The molecule has 1 aliphatic rings. The van der Waals surface area contributed by atoms with Gasteiger partial charge in [-0.25, -0.2) is 14.3 Å². The van der Waals surface area contributed by atoms with E-state index in [1.54, 1.807) is 0 Å². The van der Waals surface area contributed by atoms with Crippen LogP contribution >= 0.6 is 0 Å². The molecular weight excluding hydrogens is 200 g/mol. The zero-order chi connectivity index (χ0) is 10.6. The van der Waals surface area contributed by atoms with E-state index in [0.29, 0.717) is 12.8 Å². The predicted octanol–water partition coefficient (Wildman–Crippen LogP) is 1.38. The summed E-state index contributed by atoms with van der Waals surface area (Å²) in [6.45, 7) is 0. The molecule has 0 aromatic heterocycles. The first-order chi connectivity index (χ1) is 6.62.